The van der Waals surface area contributed by atoms with Gasteiger partial charge in [-0.3, -0.25) is 4.18 Å². The number of hydrogen-bond donors (Lipinski definition) is 0. The van der Waals surface area contributed by atoms with Crippen molar-refractivity contribution in [1.29, 1.82) is 0 Å². The van der Waals surface area contributed by atoms with Gasteiger partial charge in [-0.05, 0) is 55.5 Å². The third kappa shape index (κ3) is 4.14. The number of rotatable bonds is 6. The van der Waals surface area contributed by atoms with Gasteiger partial charge in [0.1, 0.15) is 0 Å². The first-order chi connectivity index (χ1) is 11.0. The van der Waals surface area contributed by atoms with Crippen molar-refractivity contribution in [3.63, 3.8) is 0 Å². The van der Waals surface area contributed by atoms with Gasteiger partial charge in [0.2, 0.25) is 0 Å². The van der Waals surface area contributed by atoms with Gasteiger partial charge in [-0.25, -0.2) is 0 Å². The van der Waals surface area contributed by atoms with Crippen molar-refractivity contribution >= 4 is 21.7 Å². The monoisotopic (exact) mass is 350 g/mol. The SMILES string of the molecule is Cc1ccc(S(=O)(=O)OC[C@H](c2ccc(Cl)cc2)C2CC2)cc1. The molecule has 5 heteroatoms. The van der Waals surface area contributed by atoms with Crippen LogP contribution < -0.4 is 0 Å². The van der Waals surface area contributed by atoms with E-state index in [1.807, 2.05) is 31.2 Å². The predicted molar refractivity (Wildman–Crippen MR) is 91.2 cm³/mol. The van der Waals surface area contributed by atoms with E-state index >= 15 is 0 Å². The zero-order chi connectivity index (χ0) is 16.4. The lowest BCUT2D eigenvalue weighted by atomic mass is 9.95. The molecule has 0 N–H and O–H groups in total. The Morgan fingerprint density at radius 3 is 2.26 bits per heavy atom. The highest BCUT2D eigenvalue weighted by molar-refractivity contribution is 7.86. The molecule has 1 saturated carbocycles. The van der Waals surface area contributed by atoms with Gasteiger partial charge in [0.25, 0.3) is 10.1 Å². The van der Waals surface area contributed by atoms with E-state index in [0.29, 0.717) is 10.9 Å². The first-order valence-electron chi connectivity index (χ1n) is 7.67. The van der Waals surface area contributed by atoms with Crippen LogP contribution in [0.3, 0.4) is 0 Å². The molecule has 1 aliphatic rings. The van der Waals surface area contributed by atoms with Gasteiger partial charge in [-0.2, -0.15) is 8.42 Å². The number of halogens is 1. The van der Waals surface area contributed by atoms with Crippen molar-refractivity contribution < 1.29 is 12.6 Å². The molecule has 1 atom stereocenters. The molecule has 0 aliphatic heterocycles. The molecule has 0 heterocycles. The van der Waals surface area contributed by atoms with Crippen LogP contribution in [0.2, 0.25) is 5.02 Å². The third-order valence-corrected chi connectivity index (χ3v) is 5.75. The third-order valence-electron chi connectivity index (χ3n) is 4.20. The summed E-state index contributed by atoms with van der Waals surface area (Å²) in [6, 6.07) is 14.3. The summed E-state index contributed by atoms with van der Waals surface area (Å²) < 4.78 is 30.0. The molecule has 0 saturated heterocycles. The summed E-state index contributed by atoms with van der Waals surface area (Å²) in [6.45, 7) is 2.09. The van der Waals surface area contributed by atoms with Crippen LogP contribution in [0.5, 0.6) is 0 Å². The maximum Gasteiger partial charge on any atom is 0.296 e. The van der Waals surface area contributed by atoms with Crippen molar-refractivity contribution in [1.82, 2.24) is 0 Å². The van der Waals surface area contributed by atoms with Crippen molar-refractivity contribution in [2.45, 2.75) is 30.6 Å². The highest BCUT2D eigenvalue weighted by Gasteiger charge is 2.33. The minimum atomic E-state index is -3.72. The van der Waals surface area contributed by atoms with Crippen molar-refractivity contribution in [3.8, 4) is 0 Å². The standard InChI is InChI=1S/C18H19ClO3S/c1-13-2-10-17(11-3-13)23(20,21)22-12-18(14-4-5-14)15-6-8-16(19)9-7-15/h2-3,6-11,14,18H,4-5,12H2,1H3/t18-/m0/s1. The molecule has 2 aromatic rings. The molecular formula is C18H19ClO3S. The molecule has 122 valence electrons. The second kappa shape index (κ2) is 6.63. The van der Waals surface area contributed by atoms with Gasteiger partial charge in [-0.1, -0.05) is 41.4 Å². The van der Waals surface area contributed by atoms with Gasteiger partial charge < -0.3 is 0 Å². The van der Waals surface area contributed by atoms with E-state index in [9.17, 15) is 8.42 Å². The Labute approximate surface area is 142 Å². The first-order valence-corrected chi connectivity index (χ1v) is 9.46. The van der Waals surface area contributed by atoms with Crippen LogP contribution in [0.15, 0.2) is 53.4 Å². The van der Waals surface area contributed by atoms with Gasteiger partial charge in [0.15, 0.2) is 0 Å². The molecule has 23 heavy (non-hydrogen) atoms. The zero-order valence-corrected chi connectivity index (χ0v) is 14.5. The summed E-state index contributed by atoms with van der Waals surface area (Å²) >= 11 is 5.93. The van der Waals surface area contributed by atoms with Crippen molar-refractivity contribution in [3.05, 3.63) is 64.7 Å². The van der Waals surface area contributed by atoms with E-state index in [-0.39, 0.29) is 17.4 Å². The molecule has 0 amide bonds. The maximum absolute atomic E-state index is 12.3. The fourth-order valence-corrected chi connectivity index (χ4v) is 3.71. The summed E-state index contributed by atoms with van der Waals surface area (Å²) in [7, 11) is -3.72. The topological polar surface area (TPSA) is 43.4 Å². The van der Waals surface area contributed by atoms with Crippen LogP contribution in [-0.2, 0) is 14.3 Å². The van der Waals surface area contributed by atoms with Crippen molar-refractivity contribution in [2.24, 2.45) is 5.92 Å². The fraction of sp³-hybridized carbons (Fsp3) is 0.333. The molecule has 3 nitrogen and oxygen atoms in total. The lowest BCUT2D eigenvalue weighted by Crippen LogP contribution is -2.15. The average molecular weight is 351 g/mol. The van der Waals surface area contributed by atoms with E-state index in [0.717, 1.165) is 24.0 Å². The lowest BCUT2D eigenvalue weighted by molar-refractivity contribution is 0.279. The van der Waals surface area contributed by atoms with E-state index in [1.54, 1.807) is 24.3 Å². The molecule has 0 spiro atoms. The van der Waals surface area contributed by atoms with E-state index < -0.39 is 10.1 Å². The zero-order valence-electron chi connectivity index (χ0n) is 12.9. The molecule has 1 fully saturated rings. The summed E-state index contributed by atoms with van der Waals surface area (Å²) in [6.07, 6.45) is 2.22. The quantitative estimate of drug-likeness (QED) is 0.718. The van der Waals surface area contributed by atoms with Gasteiger partial charge in [0, 0.05) is 10.9 Å². The van der Waals surface area contributed by atoms with Crippen LogP contribution in [0.1, 0.15) is 29.9 Å². The smallest absolute Gasteiger partial charge is 0.266 e. The molecule has 0 unspecified atom stereocenters. The van der Waals surface area contributed by atoms with Gasteiger partial charge >= 0.3 is 0 Å². The lowest BCUT2D eigenvalue weighted by Gasteiger charge is -2.17. The highest BCUT2D eigenvalue weighted by Crippen LogP contribution is 2.43. The maximum atomic E-state index is 12.3. The highest BCUT2D eigenvalue weighted by atomic mass is 35.5. The van der Waals surface area contributed by atoms with Gasteiger partial charge in [0.05, 0.1) is 11.5 Å². The van der Waals surface area contributed by atoms with E-state index in [2.05, 4.69) is 0 Å². The second-order valence-electron chi connectivity index (χ2n) is 6.05. The minimum absolute atomic E-state index is 0.0903. The predicted octanol–water partition coefficient (Wildman–Crippen LogP) is 4.55. The Morgan fingerprint density at radius 1 is 1.09 bits per heavy atom. The van der Waals surface area contributed by atoms with Gasteiger partial charge in [-0.15, -0.1) is 0 Å². The second-order valence-corrected chi connectivity index (χ2v) is 8.10. The number of hydrogen-bond acceptors (Lipinski definition) is 3. The molecule has 3 rings (SSSR count). The van der Waals surface area contributed by atoms with E-state index in [1.165, 1.54) is 0 Å². The Bertz CT molecular complexity index is 763. The molecule has 0 bridgehead atoms. The summed E-state index contributed by atoms with van der Waals surface area (Å²) in [4.78, 5) is 0.203. The van der Waals surface area contributed by atoms with Crippen molar-refractivity contribution in [2.75, 3.05) is 6.61 Å². The minimum Gasteiger partial charge on any atom is -0.266 e. The first kappa shape index (κ1) is 16.5. The molecule has 2 aromatic carbocycles. The van der Waals surface area contributed by atoms with Crippen LogP contribution in [0, 0.1) is 12.8 Å². The molecule has 0 radical (unpaired) electrons. The normalized spacial score (nSPS) is 16.3. The van der Waals surface area contributed by atoms with Crippen LogP contribution in [0.25, 0.3) is 0 Å². The number of benzene rings is 2. The van der Waals surface area contributed by atoms with Crippen LogP contribution >= 0.6 is 11.6 Å². The Hall–Kier alpha value is -1.36. The fourth-order valence-electron chi connectivity index (χ4n) is 2.65. The Morgan fingerprint density at radius 2 is 1.70 bits per heavy atom. The molecule has 1 aliphatic carbocycles. The van der Waals surface area contributed by atoms with Crippen LogP contribution in [-0.4, -0.2) is 15.0 Å². The summed E-state index contributed by atoms with van der Waals surface area (Å²) in [5.74, 6) is 0.580. The average Bonchev–Trinajstić information content (AvgIpc) is 3.34. The molecule has 0 aromatic heterocycles. The number of aryl methyl sites for hydroxylation is 1. The molecular weight excluding hydrogens is 332 g/mol. The summed E-state index contributed by atoms with van der Waals surface area (Å²) in [5, 5.41) is 0.677. The summed E-state index contributed by atoms with van der Waals surface area (Å²) in [5.41, 5.74) is 2.09. The Balaban J connectivity index is 1.74. The Kier molecular flexibility index (Phi) is 4.76. The van der Waals surface area contributed by atoms with Crippen LogP contribution in [0.4, 0.5) is 0 Å². The largest absolute Gasteiger partial charge is 0.296 e. The van der Waals surface area contributed by atoms with E-state index in [4.69, 9.17) is 15.8 Å².